The lowest BCUT2D eigenvalue weighted by molar-refractivity contribution is -0.136. The van der Waals surface area contributed by atoms with Crippen LogP contribution in [0.2, 0.25) is 0 Å². The molecule has 1 atom stereocenters. The molecule has 1 saturated heterocycles. The molecule has 1 amide bonds. The van der Waals surface area contributed by atoms with Crippen LogP contribution in [0.3, 0.4) is 0 Å². The van der Waals surface area contributed by atoms with E-state index in [0.717, 1.165) is 12.8 Å². The molecular formula is C18H24N4O5S. The predicted molar refractivity (Wildman–Crippen MR) is 102 cm³/mol. The number of hydrogen-bond donors (Lipinski definition) is 0. The smallest absolute Gasteiger partial charge is 0.344 e. The summed E-state index contributed by atoms with van der Waals surface area (Å²) in [7, 11) is -3.12. The quantitative estimate of drug-likeness (QED) is 0.629. The molecule has 0 radical (unpaired) electrons. The summed E-state index contributed by atoms with van der Waals surface area (Å²) in [5, 5.41) is 4.21. The van der Waals surface area contributed by atoms with Gasteiger partial charge in [-0.1, -0.05) is 13.3 Å². The zero-order valence-electron chi connectivity index (χ0n) is 16.0. The number of carbonyl (C=O) groups excluding carboxylic acids is 2. The summed E-state index contributed by atoms with van der Waals surface area (Å²) >= 11 is 0. The van der Waals surface area contributed by atoms with Gasteiger partial charge in [0.25, 0.3) is 5.91 Å². The lowest BCUT2D eigenvalue weighted by Gasteiger charge is -2.28. The number of ether oxygens (including phenoxy) is 1. The van der Waals surface area contributed by atoms with Crippen molar-refractivity contribution in [3.05, 3.63) is 29.7 Å². The zero-order chi connectivity index (χ0) is 20.3. The first-order chi connectivity index (χ1) is 13.3. The minimum atomic E-state index is -3.12. The summed E-state index contributed by atoms with van der Waals surface area (Å²) in [6.45, 7) is 3.67. The van der Waals surface area contributed by atoms with Crippen LogP contribution in [0.5, 0.6) is 0 Å². The van der Waals surface area contributed by atoms with E-state index in [-0.39, 0.29) is 29.0 Å². The summed E-state index contributed by atoms with van der Waals surface area (Å²) in [4.78, 5) is 30.9. The van der Waals surface area contributed by atoms with E-state index in [1.165, 1.54) is 4.52 Å². The maximum atomic E-state index is 12.7. The van der Waals surface area contributed by atoms with E-state index in [2.05, 4.69) is 10.1 Å². The number of hydrogen-bond acceptors (Lipinski definition) is 7. The molecule has 3 heterocycles. The number of unbranched alkanes of at least 4 members (excludes halogenated alkanes) is 1. The van der Waals surface area contributed by atoms with E-state index in [4.69, 9.17) is 4.74 Å². The summed E-state index contributed by atoms with van der Waals surface area (Å²) in [5.41, 5.74) is 1.04. The third-order valence-electron chi connectivity index (χ3n) is 4.82. The predicted octanol–water partition coefficient (Wildman–Crippen LogP) is 1.01. The highest BCUT2D eigenvalue weighted by Gasteiger charge is 2.34. The largest absolute Gasteiger partial charge is 0.452 e. The van der Waals surface area contributed by atoms with Gasteiger partial charge in [-0.05, 0) is 25.8 Å². The van der Waals surface area contributed by atoms with Crippen LogP contribution in [0, 0.1) is 6.92 Å². The van der Waals surface area contributed by atoms with Crippen LogP contribution in [0.1, 0.15) is 42.2 Å². The van der Waals surface area contributed by atoms with Gasteiger partial charge in [0.05, 0.1) is 17.2 Å². The van der Waals surface area contributed by atoms with Crippen molar-refractivity contribution in [1.82, 2.24) is 19.5 Å². The molecule has 10 heteroatoms. The summed E-state index contributed by atoms with van der Waals surface area (Å²) in [6, 6.07) is 1.34. The molecule has 1 aliphatic heterocycles. The average molecular weight is 408 g/mol. The second-order valence-corrected chi connectivity index (χ2v) is 9.15. The molecule has 0 N–H and O–H groups in total. The molecule has 28 heavy (non-hydrogen) atoms. The fourth-order valence-electron chi connectivity index (χ4n) is 3.38. The lowest BCUT2D eigenvalue weighted by Crippen LogP contribution is -2.43. The number of carbonyl (C=O) groups is 2. The van der Waals surface area contributed by atoms with E-state index >= 15 is 0 Å². The van der Waals surface area contributed by atoms with Gasteiger partial charge in [0.2, 0.25) is 0 Å². The number of rotatable bonds is 7. The van der Waals surface area contributed by atoms with Gasteiger partial charge in [0.15, 0.2) is 22.1 Å². The average Bonchev–Trinajstić information content (AvgIpc) is 3.18. The van der Waals surface area contributed by atoms with Crippen LogP contribution in [0.4, 0.5) is 0 Å². The molecule has 0 saturated carbocycles. The molecule has 0 bridgehead atoms. The minimum Gasteiger partial charge on any atom is -0.452 e. The number of aryl methyl sites for hydroxylation is 1. The Balaban J connectivity index is 1.69. The number of fused-ring (bicyclic) bond motifs is 1. The van der Waals surface area contributed by atoms with Crippen molar-refractivity contribution in [2.24, 2.45) is 0 Å². The Labute approximate surface area is 163 Å². The highest BCUT2D eigenvalue weighted by atomic mass is 32.2. The topological polar surface area (TPSA) is 111 Å². The fraction of sp³-hybridized carbons (Fsp3) is 0.556. The Kier molecular flexibility index (Phi) is 5.97. The summed E-state index contributed by atoms with van der Waals surface area (Å²) in [5.74, 6) is -1.01. The van der Waals surface area contributed by atoms with Crippen molar-refractivity contribution in [1.29, 1.82) is 0 Å². The van der Waals surface area contributed by atoms with E-state index in [0.29, 0.717) is 24.3 Å². The molecule has 2 aromatic heterocycles. The number of nitrogens with zero attached hydrogens (tertiary/aromatic N) is 4. The standard InChI is InChI=1S/C18H24N4O5S/c1-3-4-8-21(14-6-10-28(25,26)12-14)15(23)11-27-18(24)16-13(2)20-22-9-5-7-19-17(16)22/h5,7,9,14H,3-4,6,8,10-12H2,1-2H3. The van der Waals surface area contributed by atoms with Gasteiger partial charge < -0.3 is 9.64 Å². The molecule has 0 spiro atoms. The molecule has 3 rings (SSSR count). The second kappa shape index (κ2) is 8.26. The van der Waals surface area contributed by atoms with Gasteiger partial charge in [-0.25, -0.2) is 22.7 Å². The fourth-order valence-corrected chi connectivity index (χ4v) is 5.11. The van der Waals surface area contributed by atoms with Crippen LogP contribution in [0.25, 0.3) is 5.65 Å². The van der Waals surface area contributed by atoms with E-state index in [9.17, 15) is 18.0 Å². The normalized spacial score (nSPS) is 18.3. The number of amides is 1. The molecule has 1 fully saturated rings. The Bertz CT molecular complexity index is 985. The van der Waals surface area contributed by atoms with Crippen molar-refractivity contribution in [2.45, 2.75) is 39.2 Å². The molecular weight excluding hydrogens is 384 g/mol. The van der Waals surface area contributed by atoms with Crippen LogP contribution in [-0.4, -0.2) is 70.5 Å². The molecule has 9 nitrogen and oxygen atoms in total. The first-order valence-electron chi connectivity index (χ1n) is 9.29. The van der Waals surface area contributed by atoms with Crippen molar-refractivity contribution >= 4 is 27.4 Å². The van der Waals surface area contributed by atoms with Gasteiger partial charge >= 0.3 is 5.97 Å². The molecule has 152 valence electrons. The van der Waals surface area contributed by atoms with Gasteiger partial charge in [-0.15, -0.1) is 0 Å². The SMILES string of the molecule is CCCCN(C(=O)COC(=O)c1c(C)nn2cccnc12)C1CCS(=O)(=O)C1. The third kappa shape index (κ3) is 4.32. The first kappa shape index (κ1) is 20.2. The number of esters is 1. The Morgan fingerprint density at radius 2 is 2.18 bits per heavy atom. The number of sulfone groups is 1. The van der Waals surface area contributed by atoms with E-state index in [1.807, 2.05) is 6.92 Å². The van der Waals surface area contributed by atoms with Crippen molar-refractivity contribution in [2.75, 3.05) is 24.7 Å². The van der Waals surface area contributed by atoms with Crippen LogP contribution in [0.15, 0.2) is 18.5 Å². The Hall–Kier alpha value is -2.49. The van der Waals surface area contributed by atoms with Crippen LogP contribution >= 0.6 is 0 Å². The van der Waals surface area contributed by atoms with Crippen molar-refractivity contribution in [3.63, 3.8) is 0 Å². The highest BCUT2D eigenvalue weighted by molar-refractivity contribution is 7.91. The molecule has 1 aliphatic rings. The summed E-state index contributed by atoms with van der Waals surface area (Å²) < 4.78 is 30.3. The molecule has 0 aliphatic carbocycles. The van der Waals surface area contributed by atoms with E-state index < -0.39 is 22.4 Å². The van der Waals surface area contributed by atoms with Gasteiger partial charge in [-0.3, -0.25) is 4.79 Å². The van der Waals surface area contributed by atoms with Gasteiger partial charge in [-0.2, -0.15) is 5.10 Å². The maximum absolute atomic E-state index is 12.7. The van der Waals surface area contributed by atoms with Gasteiger partial charge in [0.1, 0.15) is 5.56 Å². The third-order valence-corrected chi connectivity index (χ3v) is 6.57. The first-order valence-corrected chi connectivity index (χ1v) is 11.1. The monoisotopic (exact) mass is 408 g/mol. The highest BCUT2D eigenvalue weighted by Crippen LogP contribution is 2.19. The summed E-state index contributed by atoms with van der Waals surface area (Å²) in [6.07, 6.45) is 5.27. The van der Waals surface area contributed by atoms with Crippen molar-refractivity contribution in [3.8, 4) is 0 Å². The zero-order valence-corrected chi connectivity index (χ0v) is 16.8. The van der Waals surface area contributed by atoms with E-state index in [1.54, 1.807) is 30.3 Å². The van der Waals surface area contributed by atoms with Crippen LogP contribution in [-0.2, 0) is 19.4 Å². The van der Waals surface area contributed by atoms with Crippen molar-refractivity contribution < 1.29 is 22.7 Å². The van der Waals surface area contributed by atoms with Crippen LogP contribution < -0.4 is 0 Å². The van der Waals surface area contributed by atoms with Gasteiger partial charge in [0, 0.05) is 25.0 Å². The lowest BCUT2D eigenvalue weighted by atomic mass is 10.2. The molecule has 1 unspecified atom stereocenters. The Morgan fingerprint density at radius 1 is 1.39 bits per heavy atom. The second-order valence-electron chi connectivity index (χ2n) is 6.92. The molecule has 2 aromatic rings. The molecule has 0 aromatic carbocycles. The number of aromatic nitrogens is 3. The maximum Gasteiger partial charge on any atom is 0.344 e. The minimum absolute atomic E-state index is 0.0342. The Morgan fingerprint density at radius 3 is 2.86 bits per heavy atom.